The summed E-state index contributed by atoms with van der Waals surface area (Å²) in [6.07, 6.45) is 2.31. The number of hydrogen-bond donors (Lipinski definition) is 1. The van der Waals surface area contributed by atoms with Crippen molar-refractivity contribution in [1.82, 2.24) is 0 Å². The number of methoxy groups -OCH3 is 1. The maximum Gasteiger partial charge on any atom is 0.309 e. The SMILES string of the molecule is COC(=O)Cc1cccc(OCC2(N)CC2)c1. The Kier molecular flexibility index (Phi) is 3.33. The predicted molar refractivity (Wildman–Crippen MR) is 63.8 cm³/mol. The van der Waals surface area contributed by atoms with Crippen LogP contribution >= 0.6 is 0 Å². The third kappa shape index (κ3) is 3.46. The molecule has 2 rings (SSSR count). The van der Waals surface area contributed by atoms with Gasteiger partial charge in [-0.15, -0.1) is 0 Å². The van der Waals surface area contributed by atoms with Crippen molar-refractivity contribution in [2.24, 2.45) is 5.73 Å². The molecule has 1 fully saturated rings. The van der Waals surface area contributed by atoms with Crippen LogP contribution < -0.4 is 10.5 Å². The van der Waals surface area contributed by atoms with Crippen molar-refractivity contribution in [2.45, 2.75) is 24.8 Å². The summed E-state index contributed by atoms with van der Waals surface area (Å²) in [6, 6.07) is 7.46. The van der Waals surface area contributed by atoms with Gasteiger partial charge < -0.3 is 15.2 Å². The lowest BCUT2D eigenvalue weighted by atomic mass is 10.1. The normalized spacial score (nSPS) is 16.4. The summed E-state index contributed by atoms with van der Waals surface area (Å²) in [5.74, 6) is 0.503. The van der Waals surface area contributed by atoms with E-state index in [0.717, 1.165) is 24.2 Å². The molecule has 4 heteroatoms. The molecule has 0 radical (unpaired) electrons. The number of rotatable bonds is 5. The molecule has 2 N–H and O–H groups in total. The Bertz CT molecular complexity index is 413. The van der Waals surface area contributed by atoms with Crippen LogP contribution in [-0.4, -0.2) is 25.2 Å². The maximum absolute atomic E-state index is 11.1. The standard InChI is InChI=1S/C13H17NO3/c1-16-12(15)8-10-3-2-4-11(7-10)17-9-13(14)5-6-13/h2-4,7H,5-6,8-9,14H2,1H3. The van der Waals surface area contributed by atoms with Crippen LogP contribution in [0, 0.1) is 0 Å². The van der Waals surface area contributed by atoms with Gasteiger partial charge in [-0.1, -0.05) is 12.1 Å². The molecule has 1 aromatic carbocycles. The number of nitrogens with two attached hydrogens (primary N) is 1. The van der Waals surface area contributed by atoms with E-state index >= 15 is 0 Å². The largest absolute Gasteiger partial charge is 0.492 e. The van der Waals surface area contributed by atoms with E-state index in [1.807, 2.05) is 24.3 Å². The van der Waals surface area contributed by atoms with Crippen molar-refractivity contribution >= 4 is 5.97 Å². The molecule has 0 unspecified atom stereocenters. The van der Waals surface area contributed by atoms with Gasteiger partial charge in [-0.05, 0) is 30.5 Å². The zero-order valence-electron chi connectivity index (χ0n) is 9.94. The number of hydrogen-bond acceptors (Lipinski definition) is 4. The first kappa shape index (κ1) is 11.9. The van der Waals surface area contributed by atoms with Crippen LogP contribution in [0.3, 0.4) is 0 Å². The fourth-order valence-electron chi connectivity index (χ4n) is 1.52. The molecule has 0 aromatic heterocycles. The molecular weight excluding hydrogens is 218 g/mol. The van der Waals surface area contributed by atoms with Gasteiger partial charge in [0.1, 0.15) is 12.4 Å². The first-order chi connectivity index (χ1) is 8.11. The molecule has 1 aliphatic rings. The first-order valence-electron chi connectivity index (χ1n) is 5.69. The zero-order chi connectivity index (χ0) is 12.3. The number of carbonyl (C=O) groups is 1. The van der Waals surface area contributed by atoms with Crippen molar-refractivity contribution in [3.8, 4) is 5.75 Å². The van der Waals surface area contributed by atoms with Gasteiger partial charge in [-0.2, -0.15) is 0 Å². The van der Waals surface area contributed by atoms with Crippen LogP contribution in [0.25, 0.3) is 0 Å². The van der Waals surface area contributed by atoms with E-state index in [1.165, 1.54) is 7.11 Å². The van der Waals surface area contributed by atoms with Crippen molar-refractivity contribution < 1.29 is 14.3 Å². The van der Waals surface area contributed by atoms with Crippen LogP contribution in [-0.2, 0) is 16.0 Å². The Morgan fingerprint density at radius 1 is 1.47 bits per heavy atom. The molecule has 1 saturated carbocycles. The molecule has 0 aliphatic heterocycles. The first-order valence-corrected chi connectivity index (χ1v) is 5.69. The lowest BCUT2D eigenvalue weighted by Gasteiger charge is -2.11. The monoisotopic (exact) mass is 235 g/mol. The van der Waals surface area contributed by atoms with Gasteiger partial charge in [0.25, 0.3) is 0 Å². The van der Waals surface area contributed by atoms with Crippen LogP contribution in [0.15, 0.2) is 24.3 Å². The second kappa shape index (κ2) is 4.75. The summed E-state index contributed by atoms with van der Waals surface area (Å²) in [6.45, 7) is 0.536. The highest BCUT2D eigenvalue weighted by Gasteiger charge is 2.39. The fourth-order valence-corrected chi connectivity index (χ4v) is 1.52. The minimum Gasteiger partial charge on any atom is -0.492 e. The molecule has 0 spiro atoms. The molecule has 17 heavy (non-hydrogen) atoms. The third-order valence-corrected chi connectivity index (χ3v) is 2.89. The summed E-state index contributed by atoms with van der Waals surface area (Å²) in [4.78, 5) is 11.1. The molecule has 0 saturated heterocycles. The highest BCUT2D eigenvalue weighted by Crippen LogP contribution is 2.32. The second-order valence-corrected chi connectivity index (χ2v) is 4.55. The average Bonchev–Trinajstić information content (AvgIpc) is 3.06. The van der Waals surface area contributed by atoms with Crippen molar-refractivity contribution in [3.63, 3.8) is 0 Å². The van der Waals surface area contributed by atoms with E-state index in [2.05, 4.69) is 4.74 Å². The van der Waals surface area contributed by atoms with E-state index in [-0.39, 0.29) is 17.9 Å². The Labute approximate surface area is 101 Å². The Balaban J connectivity index is 1.93. The van der Waals surface area contributed by atoms with Crippen molar-refractivity contribution in [1.29, 1.82) is 0 Å². The number of benzene rings is 1. The molecule has 0 heterocycles. The van der Waals surface area contributed by atoms with Crippen LogP contribution in [0.5, 0.6) is 5.75 Å². The average molecular weight is 235 g/mol. The van der Waals surface area contributed by atoms with E-state index in [0.29, 0.717) is 6.61 Å². The van der Waals surface area contributed by atoms with Gasteiger partial charge in [-0.25, -0.2) is 0 Å². The highest BCUT2D eigenvalue weighted by atomic mass is 16.5. The topological polar surface area (TPSA) is 61.5 Å². The van der Waals surface area contributed by atoms with Gasteiger partial charge in [-0.3, -0.25) is 4.79 Å². The van der Waals surface area contributed by atoms with E-state index in [4.69, 9.17) is 10.5 Å². The van der Waals surface area contributed by atoms with Crippen molar-refractivity contribution in [2.75, 3.05) is 13.7 Å². The van der Waals surface area contributed by atoms with Crippen LogP contribution in [0.2, 0.25) is 0 Å². The predicted octanol–water partition coefficient (Wildman–Crippen LogP) is 1.27. The number of ether oxygens (including phenoxy) is 2. The van der Waals surface area contributed by atoms with Crippen molar-refractivity contribution in [3.05, 3.63) is 29.8 Å². The highest BCUT2D eigenvalue weighted by molar-refractivity contribution is 5.72. The van der Waals surface area contributed by atoms with Gasteiger partial charge in [0.05, 0.1) is 19.1 Å². The quantitative estimate of drug-likeness (QED) is 0.781. The lowest BCUT2D eigenvalue weighted by Crippen LogP contribution is -2.29. The van der Waals surface area contributed by atoms with Gasteiger partial charge >= 0.3 is 5.97 Å². The summed E-state index contributed by atoms with van der Waals surface area (Å²) in [7, 11) is 1.38. The van der Waals surface area contributed by atoms with Gasteiger partial charge in [0.2, 0.25) is 0 Å². The molecule has 4 nitrogen and oxygen atoms in total. The van der Waals surface area contributed by atoms with Gasteiger partial charge in [0, 0.05) is 0 Å². The van der Waals surface area contributed by atoms with Gasteiger partial charge in [0.15, 0.2) is 0 Å². The third-order valence-electron chi connectivity index (χ3n) is 2.89. The van der Waals surface area contributed by atoms with E-state index < -0.39 is 0 Å². The van der Waals surface area contributed by atoms with E-state index in [1.54, 1.807) is 0 Å². The molecule has 0 amide bonds. The molecule has 0 atom stereocenters. The minimum atomic E-state index is -0.250. The van der Waals surface area contributed by atoms with Crippen LogP contribution in [0.4, 0.5) is 0 Å². The summed E-state index contributed by atoms with van der Waals surface area (Å²) in [5.41, 5.74) is 6.69. The summed E-state index contributed by atoms with van der Waals surface area (Å²) >= 11 is 0. The molecule has 92 valence electrons. The molecule has 1 aliphatic carbocycles. The lowest BCUT2D eigenvalue weighted by molar-refractivity contribution is -0.139. The summed E-state index contributed by atoms with van der Waals surface area (Å²) < 4.78 is 10.2. The molecule has 0 bridgehead atoms. The number of esters is 1. The zero-order valence-corrected chi connectivity index (χ0v) is 9.94. The van der Waals surface area contributed by atoms with E-state index in [9.17, 15) is 4.79 Å². The van der Waals surface area contributed by atoms with Crippen LogP contribution in [0.1, 0.15) is 18.4 Å². The second-order valence-electron chi connectivity index (χ2n) is 4.55. The number of carbonyl (C=O) groups excluding carboxylic acids is 1. The minimum absolute atomic E-state index is 0.127. The molecule has 1 aromatic rings. The fraction of sp³-hybridized carbons (Fsp3) is 0.462. The Morgan fingerprint density at radius 2 is 2.24 bits per heavy atom. The Morgan fingerprint density at radius 3 is 2.88 bits per heavy atom. The smallest absolute Gasteiger partial charge is 0.309 e. The maximum atomic E-state index is 11.1. The molecular formula is C13H17NO3. The summed E-state index contributed by atoms with van der Waals surface area (Å²) in [5, 5.41) is 0. The Hall–Kier alpha value is -1.55.